The van der Waals surface area contributed by atoms with E-state index in [1.807, 2.05) is 13.8 Å². The molecule has 0 spiro atoms. The fourth-order valence-corrected chi connectivity index (χ4v) is 4.45. The Morgan fingerprint density at radius 2 is 1.83 bits per heavy atom. The number of sulfone groups is 1. The molecular formula is C14H29NO2S. The van der Waals surface area contributed by atoms with E-state index in [-0.39, 0.29) is 11.3 Å². The fourth-order valence-electron chi connectivity index (χ4n) is 2.72. The Kier molecular flexibility index (Phi) is 6.64. The highest BCUT2D eigenvalue weighted by Crippen LogP contribution is 2.29. The van der Waals surface area contributed by atoms with Crippen LogP contribution in [0, 0.1) is 5.92 Å². The summed E-state index contributed by atoms with van der Waals surface area (Å²) in [6.07, 6.45) is 6.69. The lowest BCUT2D eigenvalue weighted by Gasteiger charge is -2.26. The number of nitrogens with one attached hydrogen (secondary N) is 1. The third kappa shape index (κ3) is 4.54. The highest BCUT2D eigenvalue weighted by molar-refractivity contribution is 7.92. The minimum absolute atomic E-state index is 0.173. The van der Waals surface area contributed by atoms with E-state index in [2.05, 4.69) is 12.2 Å². The Morgan fingerprint density at radius 3 is 2.33 bits per heavy atom. The topological polar surface area (TPSA) is 46.2 Å². The summed E-state index contributed by atoms with van der Waals surface area (Å²) >= 11 is 0. The first kappa shape index (κ1) is 16.0. The summed E-state index contributed by atoms with van der Waals surface area (Å²) in [6.45, 7) is 6.84. The average molecular weight is 275 g/mol. The molecule has 0 saturated heterocycles. The second-order valence-corrected chi connectivity index (χ2v) is 8.12. The molecular weight excluding hydrogens is 246 g/mol. The Labute approximate surface area is 113 Å². The largest absolute Gasteiger partial charge is 0.313 e. The van der Waals surface area contributed by atoms with Crippen LogP contribution in [0.4, 0.5) is 0 Å². The summed E-state index contributed by atoms with van der Waals surface area (Å²) in [4.78, 5) is 0. The quantitative estimate of drug-likeness (QED) is 0.741. The van der Waals surface area contributed by atoms with E-state index in [9.17, 15) is 8.42 Å². The summed E-state index contributed by atoms with van der Waals surface area (Å²) in [5, 5.41) is 3.26. The van der Waals surface area contributed by atoms with Crippen molar-refractivity contribution in [3.05, 3.63) is 0 Å². The first-order valence-electron chi connectivity index (χ1n) is 7.46. The zero-order valence-corrected chi connectivity index (χ0v) is 12.9. The molecule has 1 aliphatic rings. The van der Waals surface area contributed by atoms with E-state index < -0.39 is 9.84 Å². The lowest BCUT2D eigenvalue weighted by Crippen LogP contribution is -2.43. The first-order valence-corrected chi connectivity index (χ1v) is 9.17. The van der Waals surface area contributed by atoms with Gasteiger partial charge in [-0.1, -0.05) is 26.7 Å². The summed E-state index contributed by atoms with van der Waals surface area (Å²) in [5.41, 5.74) is 0. The van der Waals surface area contributed by atoms with Crippen LogP contribution in [-0.4, -0.2) is 32.0 Å². The van der Waals surface area contributed by atoms with Crippen molar-refractivity contribution < 1.29 is 8.42 Å². The van der Waals surface area contributed by atoms with Crippen LogP contribution >= 0.6 is 0 Å². The van der Waals surface area contributed by atoms with Crippen LogP contribution in [0.2, 0.25) is 0 Å². The van der Waals surface area contributed by atoms with Crippen LogP contribution in [0.25, 0.3) is 0 Å². The van der Waals surface area contributed by atoms with E-state index >= 15 is 0 Å². The molecule has 0 bridgehead atoms. The van der Waals surface area contributed by atoms with Gasteiger partial charge in [0.05, 0.1) is 11.0 Å². The van der Waals surface area contributed by atoms with Gasteiger partial charge < -0.3 is 5.32 Å². The predicted octanol–water partition coefficient (Wildman–Crippen LogP) is 2.76. The molecule has 1 rings (SSSR count). The molecule has 0 amide bonds. The van der Waals surface area contributed by atoms with Crippen molar-refractivity contribution in [2.45, 2.75) is 70.6 Å². The van der Waals surface area contributed by atoms with E-state index in [1.54, 1.807) is 0 Å². The SMILES string of the molecule is CCCNC(CS(=O)(=O)C(C)CC)C1CCCC1. The minimum Gasteiger partial charge on any atom is -0.313 e. The van der Waals surface area contributed by atoms with Gasteiger partial charge in [0.1, 0.15) is 0 Å². The van der Waals surface area contributed by atoms with Crippen LogP contribution in [-0.2, 0) is 9.84 Å². The van der Waals surface area contributed by atoms with Crippen LogP contribution in [0.3, 0.4) is 0 Å². The van der Waals surface area contributed by atoms with Gasteiger partial charge in [0.25, 0.3) is 0 Å². The highest BCUT2D eigenvalue weighted by Gasteiger charge is 2.30. The number of hydrogen-bond donors (Lipinski definition) is 1. The van der Waals surface area contributed by atoms with Gasteiger partial charge in [0.15, 0.2) is 9.84 Å². The zero-order valence-electron chi connectivity index (χ0n) is 12.1. The summed E-state index contributed by atoms with van der Waals surface area (Å²) < 4.78 is 24.5. The molecule has 3 nitrogen and oxygen atoms in total. The minimum atomic E-state index is -2.94. The van der Waals surface area contributed by atoms with Crippen molar-refractivity contribution in [3.8, 4) is 0 Å². The van der Waals surface area contributed by atoms with Gasteiger partial charge >= 0.3 is 0 Å². The van der Waals surface area contributed by atoms with Gasteiger partial charge in [0, 0.05) is 6.04 Å². The first-order chi connectivity index (χ1) is 8.51. The molecule has 1 N–H and O–H groups in total. The molecule has 2 unspecified atom stereocenters. The molecule has 1 aliphatic carbocycles. The van der Waals surface area contributed by atoms with Gasteiger partial charge in [-0.2, -0.15) is 0 Å². The third-order valence-corrected chi connectivity index (χ3v) is 6.61. The summed E-state index contributed by atoms with van der Waals surface area (Å²) in [5.74, 6) is 0.891. The molecule has 0 aromatic rings. The monoisotopic (exact) mass is 275 g/mol. The molecule has 0 aromatic carbocycles. The van der Waals surface area contributed by atoms with Gasteiger partial charge in [-0.15, -0.1) is 0 Å². The number of rotatable bonds is 8. The second-order valence-electron chi connectivity index (χ2n) is 5.65. The van der Waals surface area contributed by atoms with Gasteiger partial charge in [-0.05, 0) is 45.1 Å². The van der Waals surface area contributed by atoms with Crippen molar-refractivity contribution in [3.63, 3.8) is 0 Å². The molecule has 0 aromatic heterocycles. The van der Waals surface area contributed by atoms with Crippen molar-refractivity contribution in [1.82, 2.24) is 5.32 Å². The normalized spacial score (nSPS) is 21.1. The Morgan fingerprint density at radius 1 is 1.22 bits per heavy atom. The van der Waals surface area contributed by atoms with Gasteiger partial charge in [-0.3, -0.25) is 0 Å². The van der Waals surface area contributed by atoms with Crippen LogP contribution in [0.15, 0.2) is 0 Å². The fraction of sp³-hybridized carbons (Fsp3) is 1.00. The van der Waals surface area contributed by atoms with E-state index in [0.717, 1.165) is 13.0 Å². The van der Waals surface area contributed by atoms with Gasteiger partial charge in [0.2, 0.25) is 0 Å². The van der Waals surface area contributed by atoms with Crippen molar-refractivity contribution >= 4 is 9.84 Å². The number of hydrogen-bond acceptors (Lipinski definition) is 3. The molecule has 108 valence electrons. The molecule has 1 saturated carbocycles. The molecule has 4 heteroatoms. The standard InChI is InChI=1S/C14H29NO2S/c1-4-10-15-14(13-8-6-7-9-13)11-18(16,17)12(3)5-2/h12-15H,4-11H2,1-3H3. The van der Waals surface area contributed by atoms with Crippen molar-refractivity contribution in [2.24, 2.45) is 5.92 Å². The maximum atomic E-state index is 12.3. The second kappa shape index (κ2) is 7.49. The van der Waals surface area contributed by atoms with Gasteiger partial charge in [-0.25, -0.2) is 8.42 Å². The van der Waals surface area contributed by atoms with E-state index in [0.29, 0.717) is 18.1 Å². The smallest absolute Gasteiger partial charge is 0.154 e. The Bertz CT molecular complexity index is 321. The summed E-state index contributed by atoms with van der Waals surface area (Å²) in [6, 6.07) is 0.173. The maximum Gasteiger partial charge on any atom is 0.154 e. The lowest BCUT2D eigenvalue weighted by molar-refractivity contribution is 0.381. The summed E-state index contributed by atoms with van der Waals surface area (Å²) in [7, 11) is -2.94. The zero-order chi connectivity index (χ0) is 13.6. The van der Waals surface area contributed by atoms with E-state index in [1.165, 1.54) is 25.7 Å². The molecule has 18 heavy (non-hydrogen) atoms. The van der Waals surface area contributed by atoms with E-state index in [4.69, 9.17) is 0 Å². The van der Waals surface area contributed by atoms with Crippen molar-refractivity contribution in [1.29, 1.82) is 0 Å². The maximum absolute atomic E-state index is 12.3. The molecule has 0 aliphatic heterocycles. The molecule has 2 atom stereocenters. The van der Waals surface area contributed by atoms with Crippen LogP contribution < -0.4 is 5.32 Å². The Hall–Kier alpha value is -0.0900. The molecule has 0 radical (unpaired) electrons. The van der Waals surface area contributed by atoms with Crippen LogP contribution in [0.1, 0.15) is 59.3 Å². The molecule has 0 heterocycles. The molecule has 1 fully saturated rings. The van der Waals surface area contributed by atoms with Crippen molar-refractivity contribution in [2.75, 3.05) is 12.3 Å². The third-order valence-electron chi connectivity index (χ3n) is 4.23. The lowest BCUT2D eigenvalue weighted by atomic mass is 10.00. The Balaban J connectivity index is 2.65. The predicted molar refractivity (Wildman–Crippen MR) is 77.6 cm³/mol. The van der Waals surface area contributed by atoms with Crippen LogP contribution in [0.5, 0.6) is 0 Å². The highest BCUT2D eigenvalue weighted by atomic mass is 32.2. The average Bonchev–Trinajstić information content (AvgIpc) is 2.86.